The van der Waals surface area contributed by atoms with Crippen molar-refractivity contribution in [2.24, 2.45) is 0 Å². The highest BCUT2D eigenvalue weighted by Gasteiger charge is 2.25. The van der Waals surface area contributed by atoms with Gasteiger partial charge in [-0.05, 0) is 41.3 Å². The lowest BCUT2D eigenvalue weighted by Crippen LogP contribution is -2.39. The Kier molecular flexibility index (Phi) is 5.24. The van der Waals surface area contributed by atoms with Crippen molar-refractivity contribution in [1.29, 1.82) is 0 Å². The molecule has 1 amide bonds. The first-order chi connectivity index (χ1) is 9.22. The number of ether oxygens (including phenoxy) is 1. The summed E-state index contributed by atoms with van der Waals surface area (Å²) in [6, 6.07) is 2.30. The Labute approximate surface area is 122 Å². The summed E-state index contributed by atoms with van der Waals surface area (Å²) >= 11 is 3.48. The van der Waals surface area contributed by atoms with Crippen LogP contribution in [-0.4, -0.2) is 40.5 Å². The van der Waals surface area contributed by atoms with Crippen molar-refractivity contribution in [3.63, 3.8) is 0 Å². The summed E-state index contributed by atoms with van der Waals surface area (Å²) in [5.74, 6) is 0. The SMILES string of the molecule is CCCCOC(=O)N1CCC(n2nccc2Br)CC1. The van der Waals surface area contributed by atoms with Crippen molar-refractivity contribution in [1.82, 2.24) is 14.7 Å². The molecular formula is C13H20BrN3O2. The third-order valence-electron chi connectivity index (χ3n) is 3.41. The number of aromatic nitrogens is 2. The topological polar surface area (TPSA) is 47.4 Å². The van der Waals surface area contributed by atoms with E-state index in [0.29, 0.717) is 12.6 Å². The molecule has 106 valence electrons. The van der Waals surface area contributed by atoms with E-state index in [9.17, 15) is 4.79 Å². The molecule has 0 aromatic carbocycles. The summed E-state index contributed by atoms with van der Waals surface area (Å²) in [5.41, 5.74) is 0. The van der Waals surface area contributed by atoms with Crippen LogP contribution >= 0.6 is 15.9 Å². The number of rotatable bonds is 4. The molecule has 0 aliphatic carbocycles. The number of carbonyl (C=O) groups excluding carboxylic acids is 1. The molecule has 0 atom stereocenters. The molecule has 1 aliphatic heterocycles. The Hall–Kier alpha value is -1.04. The Morgan fingerprint density at radius 1 is 1.53 bits per heavy atom. The number of carbonyl (C=O) groups is 1. The normalized spacial score (nSPS) is 16.6. The maximum absolute atomic E-state index is 11.8. The zero-order valence-corrected chi connectivity index (χ0v) is 12.8. The van der Waals surface area contributed by atoms with Crippen LogP contribution in [0.2, 0.25) is 0 Å². The predicted octanol–water partition coefficient (Wildman–Crippen LogP) is 3.22. The quantitative estimate of drug-likeness (QED) is 0.797. The van der Waals surface area contributed by atoms with Gasteiger partial charge in [-0.2, -0.15) is 5.10 Å². The molecule has 0 saturated carbocycles. The van der Waals surface area contributed by atoms with E-state index in [-0.39, 0.29) is 6.09 Å². The minimum absolute atomic E-state index is 0.175. The molecule has 0 unspecified atom stereocenters. The summed E-state index contributed by atoms with van der Waals surface area (Å²) in [6.45, 7) is 4.09. The van der Waals surface area contributed by atoms with E-state index in [1.54, 1.807) is 11.1 Å². The highest BCUT2D eigenvalue weighted by molar-refractivity contribution is 9.10. The molecule has 0 radical (unpaired) electrons. The lowest BCUT2D eigenvalue weighted by atomic mass is 10.1. The summed E-state index contributed by atoms with van der Waals surface area (Å²) in [5, 5.41) is 4.31. The molecule has 6 heteroatoms. The van der Waals surface area contributed by atoms with E-state index in [1.165, 1.54) is 0 Å². The van der Waals surface area contributed by atoms with Gasteiger partial charge in [-0.1, -0.05) is 13.3 Å². The van der Waals surface area contributed by atoms with Crippen molar-refractivity contribution in [2.75, 3.05) is 19.7 Å². The van der Waals surface area contributed by atoms with E-state index in [1.807, 2.05) is 10.7 Å². The molecule has 0 N–H and O–H groups in total. The fourth-order valence-corrected chi connectivity index (χ4v) is 2.75. The Bertz CT molecular complexity index is 414. The first-order valence-electron chi connectivity index (χ1n) is 6.83. The number of amides is 1. The third kappa shape index (κ3) is 3.72. The van der Waals surface area contributed by atoms with Crippen LogP contribution in [-0.2, 0) is 4.74 Å². The van der Waals surface area contributed by atoms with Crippen molar-refractivity contribution in [3.8, 4) is 0 Å². The molecule has 5 nitrogen and oxygen atoms in total. The first-order valence-corrected chi connectivity index (χ1v) is 7.62. The maximum Gasteiger partial charge on any atom is 0.409 e. The third-order valence-corrected chi connectivity index (χ3v) is 4.04. The zero-order valence-electron chi connectivity index (χ0n) is 11.2. The van der Waals surface area contributed by atoms with Crippen molar-refractivity contribution >= 4 is 22.0 Å². The van der Waals surface area contributed by atoms with Crippen LogP contribution in [0.5, 0.6) is 0 Å². The van der Waals surface area contributed by atoms with Crippen LogP contribution in [0.4, 0.5) is 4.79 Å². The van der Waals surface area contributed by atoms with E-state index >= 15 is 0 Å². The molecule has 1 aromatic rings. The van der Waals surface area contributed by atoms with Gasteiger partial charge in [-0.3, -0.25) is 4.68 Å². The van der Waals surface area contributed by atoms with Gasteiger partial charge in [0.15, 0.2) is 0 Å². The van der Waals surface area contributed by atoms with Gasteiger partial charge in [0.25, 0.3) is 0 Å². The molecule has 2 heterocycles. The zero-order chi connectivity index (χ0) is 13.7. The Morgan fingerprint density at radius 2 is 2.26 bits per heavy atom. The first kappa shape index (κ1) is 14.4. The van der Waals surface area contributed by atoms with E-state index in [0.717, 1.165) is 43.4 Å². The highest BCUT2D eigenvalue weighted by atomic mass is 79.9. The number of hydrogen-bond acceptors (Lipinski definition) is 3. The summed E-state index contributed by atoms with van der Waals surface area (Å²) in [7, 11) is 0. The number of unbranched alkanes of at least 4 members (excludes halogenated alkanes) is 1. The smallest absolute Gasteiger partial charge is 0.409 e. The van der Waals surface area contributed by atoms with Crippen molar-refractivity contribution in [2.45, 2.75) is 38.6 Å². The lowest BCUT2D eigenvalue weighted by Gasteiger charge is -2.31. The van der Waals surface area contributed by atoms with Crippen molar-refractivity contribution in [3.05, 3.63) is 16.9 Å². The van der Waals surface area contributed by atoms with E-state index in [2.05, 4.69) is 28.0 Å². The highest BCUT2D eigenvalue weighted by Crippen LogP contribution is 2.25. The van der Waals surface area contributed by atoms with Gasteiger partial charge in [0, 0.05) is 13.1 Å². The minimum Gasteiger partial charge on any atom is -0.449 e. The average molecular weight is 330 g/mol. The molecule has 1 aromatic heterocycles. The standard InChI is InChI=1S/C13H20BrN3O2/c1-2-3-10-19-13(18)16-8-5-11(6-9-16)17-12(14)4-7-15-17/h4,7,11H,2-3,5-6,8-10H2,1H3. The summed E-state index contributed by atoms with van der Waals surface area (Å²) < 4.78 is 8.21. The Balaban J connectivity index is 1.79. The van der Waals surface area contributed by atoms with Gasteiger partial charge >= 0.3 is 6.09 Å². The van der Waals surface area contributed by atoms with Crippen LogP contribution in [0.1, 0.15) is 38.6 Å². The van der Waals surface area contributed by atoms with E-state index < -0.39 is 0 Å². The largest absolute Gasteiger partial charge is 0.449 e. The van der Waals surface area contributed by atoms with Gasteiger partial charge < -0.3 is 9.64 Å². The molecule has 1 saturated heterocycles. The number of piperidine rings is 1. The van der Waals surface area contributed by atoms with Crippen LogP contribution in [0, 0.1) is 0 Å². The second-order valence-corrected chi connectivity index (χ2v) is 5.60. The van der Waals surface area contributed by atoms with Gasteiger partial charge in [0.1, 0.15) is 4.60 Å². The van der Waals surface area contributed by atoms with Crippen molar-refractivity contribution < 1.29 is 9.53 Å². The van der Waals surface area contributed by atoms with Gasteiger partial charge in [0.05, 0.1) is 18.8 Å². The predicted molar refractivity (Wildman–Crippen MR) is 76.0 cm³/mol. The Morgan fingerprint density at radius 3 is 2.84 bits per heavy atom. The fraction of sp³-hybridized carbons (Fsp3) is 0.692. The molecule has 1 aliphatic rings. The van der Waals surface area contributed by atoms with Crippen LogP contribution in [0.15, 0.2) is 16.9 Å². The molecule has 1 fully saturated rings. The van der Waals surface area contributed by atoms with Crippen LogP contribution in [0.25, 0.3) is 0 Å². The van der Waals surface area contributed by atoms with Gasteiger partial charge in [-0.15, -0.1) is 0 Å². The maximum atomic E-state index is 11.8. The monoisotopic (exact) mass is 329 g/mol. The minimum atomic E-state index is -0.175. The average Bonchev–Trinajstić information content (AvgIpc) is 2.85. The number of halogens is 1. The van der Waals surface area contributed by atoms with Crippen LogP contribution in [0.3, 0.4) is 0 Å². The molecular weight excluding hydrogens is 310 g/mol. The van der Waals surface area contributed by atoms with Crippen LogP contribution < -0.4 is 0 Å². The second-order valence-electron chi connectivity index (χ2n) is 4.78. The fourth-order valence-electron chi connectivity index (χ4n) is 2.25. The molecule has 0 spiro atoms. The molecule has 2 rings (SSSR count). The second kappa shape index (κ2) is 6.93. The van der Waals surface area contributed by atoms with E-state index in [4.69, 9.17) is 4.74 Å². The molecule has 19 heavy (non-hydrogen) atoms. The summed E-state index contributed by atoms with van der Waals surface area (Å²) in [4.78, 5) is 13.6. The summed E-state index contributed by atoms with van der Waals surface area (Å²) in [6.07, 6.45) is 5.43. The number of nitrogens with zero attached hydrogens (tertiary/aromatic N) is 3. The lowest BCUT2D eigenvalue weighted by molar-refractivity contribution is 0.0863. The number of likely N-dealkylation sites (tertiary alicyclic amines) is 1. The van der Waals surface area contributed by atoms with Gasteiger partial charge in [0.2, 0.25) is 0 Å². The number of hydrogen-bond donors (Lipinski definition) is 0. The molecule has 0 bridgehead atoms. The van der Waals surface area contributed by atoms with Gasteiger partial charge in [-0.25, -0.2) is 4.79 Å².